The van der Waals surface area contributed by atoms with Crippen LogP contribution in [0.5, 0.6) is 0 Å². The fraction of sp³-hybridized carbons (Fsp3) is 0.143. The Labute approximate surface area is 140 Å². The molecule has 0 unspecified atom stereocenters. The second-order valence-electron chi connectivity index (χ2n) is 4.05. The highest BCUT2D eigenvalue weighted by molar-refractivity contribution is 14.1. The van der Waals surface area contributed by atoms with Crippen LogP contribution in [0.3, 0.4) is 0 Å². The Morgan fingerprint density at radius 3 is 2.65 bits per heavy atom. The van der Waals surface area contributed by atoms with Crippen LogP contribution in [0.25, 0.3) is 0 Å². The standard InChI is InChI=1S/C14H12ClIN2OS/c1-9-12(16)6-7-13(17-9)18-14(19)8-20-11-4-2-10(15)3-5-11/h2-7H,8H2,1H3,(H,17,18,19). The number of anilines is 1. The molecule has 1 amide bonds. The van der Waals surface area contributed by atoms with Gasteiger partial charge in [0.05, 0.1) is 11.4 Å². The normalized spacial score (nSPS) is 10.3. The number of halogens is 2. The van der Waals surface area contributed by atoms with Crippen LogP contribution in [-0.2, 0) is 4.79 Å². The van der Waals surface area contributed by atoms with Crippen molar-refractivity contribution in [1.82, 2.24) is 4.98 Å². The van der Waals surface area contributed by atoms with E-state index in [0.29, 0.717) is 16.6 Å². The molecule has 0 bridgehead atoms. The van der Waals surface area contributed by atoms with Gasteiger partial charge in [-0.25, -0.2) is 4.98 Å². The maximum Gasteiger partial charge on any atom is 0.235 e. The lowest BCUT2D eigenvalue weighted by Crippen LogP contribution is -2.15. The van der Waals surface area contributed by atoms with E-state index in [0.717, 1.165) is 14.2 Å². The minimum atomic E-state index is -0.0712. The number of carbonyl (C=O) groups is 1. The fourth-order valence-corrected chi connectivity index (χ4v) is 2.60. The molecule has 1 aromatic carbocycles. The molecule has 104 valence electrons. The maximum atomic E-state index is 11.8. The molecule has 0 fully saturated rings. The smallest absolute Gasteiger partial charge is 0.235 e. The Morgan fingerprint density at radius 1 is 1.30 bits per heavy atom. The summed E-state index contributed by atoms with van der Waals surface area (Å²) < 4.78 is 1.08. The lowest BCUT2D eigenvalue weighted by molar-refractivity contribution is -0.113. The summed E-state index contributed by atoms with van der Waals surface area (Å²) in [6.07, 6.45) is 0. The van der Waals surface area contributed by atoms with Crippen LogP contribution in [-0.4, -0.2) is 16.6 Å². The minimum absolute atomic E-state index is 0.0712. The van der Waals surface area contributed by atoms with E-state index in [1.807, 2.05) is 37.3 Å². The van der Waals surface area contributed by atoms with Gasteiger partial charge in [0.15, 0.2) is 0 Å². The summed E-state index contributed by atoms with van der Waals surface area (Å²) in [5, 5.41) is 3.48. The van der Waals surface area contributed by atoms with Crippen molar-refractivity contribution in [2.24, 2.45) is 0 Å². The van der Waals surface area contributed by atoms with E-state index < -0.39 is 0 Å². The molecule has 0 aliphatic rings. The molecule has 0 spiro atoms. The molecule has 2 rings (SSSR count). The van der Waals surface area contributed by atoms with Crippen molar-refractivity contribution in [2.45, 2.75) is 11.8 Å². The van der Waals surface area contributed by atoms with Crippen molar-refractivity contribution in [3.8, 4) is 0 Å². The number of aromatic nitrogens is 1. The first kappa shape index (κ1) is 15.6. The Balaban J connectivity index is 1.89. The van der Waals surface area contributed by atoms with E-state index in [-0.39, 0.29) is 5.91 Å². The van der Waals surface area contributed by atoms with Crippen LogP contribution < -0.4 is 5.32 Å². The molecular formula is C14H12ClIN2OS. The number of thioether (sulfide) groups is 1. The molecular weight excluding hydrogens is 407 g/mol. The lowest BCUT2D eigenvalue weighted by Gasteiger charge is -2.06. The third-order valence-electron chi connectivity index (χ3n) is 2.47. The predicted molar refractivity (Wildman–Crippen MR) is 92.5 cm³/mol. The molecule has 0 radical (unpaired) electrons. The number of rotatable bonds is 4. The van der Waals surface area contributed by atoms with E-state index in [9.17, 15) is 4.79 Å². The van der Waals surface area contributed by atoms with Gasteiger partial charge in [-0.3, -0.25) is 4.79 Å². The molecule has 3 nitrogen and oxygen atoms in total. The van der Waals surface area contributed by atoms with Gasteiger partial charge in [-0.05, 0) is 65.9 Å². The van der Waals surface area contributed by atoms with E-state index in [1.54, 1.807) is 6.07 Å². The maximum absolute atomic E-state index is 11.8. The number of pyridine rings is 1. The Kier molecular flexibility index (Phi) is 5.68. The number of aryl methyl sites for hydroxylation is 1. The molecule has 6 heteroatoms. The van der Waals surface area contributed by atoms with Gasteiger partial charge in [-0.1, -0.05) is 11.6 Å². The van der Waals surface area contributed by atoms with Crippen LogP contribution in [0.2, 0.25) is 5.02 Å². The summed E-state index contributed by atoms with van der Waals surface area (Å²) in [5.74, 6) is 0.858. The number of benzene rings is 1. The predicted octanol–water partition coefficient (Wildman–Crippen LogP) is 4.38. The van der Waals surface area contributed by atoms with Gasteiger partial charge in [0, 0.05) is 13.5 Å². The largest absolute Gasteiger partial charge is 0.310 e. The van der Waals surface area contributed by atoms with Gasteiger partial charge in [-0.15, -0.1) is 11.8 Å². The zero-order chi connectivity index (χ0) is 14.5. The van der Waals surface area contributed by atoms with Crippen LogP contribution in [0.1, 0.15) is 5.69 Å². The molecule has 0 aliphatic heterocycles. The first-order chi connectivity index (χ1) is 9.54. The Bertz CT molecular complexity index is 619. The van der Waals surface area contributed by atoms with Crippen molar-refractivity contribution in [3.63, 3.8) is 0 Å². The van der Waals surface area contributed by atoms with E-state index >= 15 is 0 Å². The van der Waals surface area contributed by atoms with Crippen LogP contribution >= 0.6 is 46.0 Å². The average molecular weight is 419 g/mol. The highest BCUT2D eigenvalue weighted by Gasteiger charge is 2.06. The summed E-state index contributed by atoms with van der Waals surface area (Å²) in [4.78, 5) is 17.2. The molecule has 0 saturated heterocycles. The number of hydrogen-bond donors (Lipinski definition) is 1. The average Bonchev–Trinajstić information content (AvgIpc) is 2.42. The Hall–Kier alpha value is -0.790. The van der Waals surface area contributed by atoms with Gasteiger partial charge in [0.2, 0.25) is 5.91 Å². The van der Waals surface area contributed by atoms with Gasteiger partial charge in [0.25, 0.3) is 0 Å². The Morgan fingerprint density at radius 2 is 2.00 bits per heavy atom. The highest BCUT2D eigenvalue weighted by atomic mass is 127. The number of hydrogen-bond acceptors (Lipinski definition) is 3. The molecule has 0 saturated carbocycles. The molecule has 1 aromatic heterocycles. The van der Waals surface area contributed by atoms with Crippen LogP contribution in [0, 0.1) is 10.5 Å². The summed E-state index contributed by atoms with van der Waals surface area (Å²) in [6.45, 7) is 1.92. The van der Waals surface area contributed by atoms with Crippen molar-refractivity contribution in [3.05, 3.63) is 50.7 Å². The molecule has 1 heterocycles. The molecule has 0 aliphatic carbocycles. The quantitative estimate of drug-likeness (QED) is 0.592. The summed E-state index contributed by atoms with van der Waals surface area (Å²) in [5.41, 5.74) is 0.911. The SMILES string of the molecule is Cc1nc(NC(=O)CSc2ccc(Cl)cc2)ccc1I. The number of amides is 1. The number of carbonyl (C=O) groups excluding carboxylic acids is 1. The zero-order valence-corrected chi connectivity index (χ0v) is 14.4. The van der Waals surface area contributed by atoms with E-state index in [1.165, 1.54) is 11.8 Å². The van der Waals surface area contributed by atoms with Gasteiger partial charge < -0.3 is 5.32 Å². The topological polar surface area (TPSA) is 42.0 Å². The number of nitrogens with one attached hydrogen (secondary N) is 1. The molecule has 0 atom stereocenters. The van der Waals surface area contributed by atoms with Crippen molar-refractivity contribution < 1.29 is 4.79 Å². The third-order valence-corrected chi connectivity index (χ3v) is 4.88. The lowest BCUT2D eigenvalue weighted by atomic mass is 10.4. The molecule has 20 heavy (non-hydrogen) atoms. The first-order valence-corrected chi connectivity index (χ1v) is 8.30. The summed E-state index contributed by atoms with van der Waals surface area (Å²) in [7, 11) is 0. The van der Waals surface area contributed by atoms with Crippen molar-refractivity contribution >= 4 is 57.7 Å². The summed E-state index contributed by atoms with van der Waals surface area (Å²) >= 11 is 9.49. The fourth-order valence-electron chi connectivity index (χ4n) is 1.47. The monoisotopic (exact) mass is 418 g/mol. The molecule has 1 N–H and O–H groups in total. The third kappa shape index (κ3) is 4.64. The van der Waals surface area contributed by atoms with Gasteiger partial charge in [0.1, 0.15) is 5.82 Å². The zero-order valence-electron chi connectivity index (χ0n) is 10.7. The second-order valence-corrected chi connectivity index (χ2v) is 6.70. The van der Waals surface area contributed by atoms with E-state index in [2.05, 4.69) is 32.9 Å². The van der Waals surface area contributed by atoms with Crippen LogP contribution in [0.4, 0.5) is 5.82 Å². The minimum Gasteiger partial charge on any atom is -0.310 e. The summed E-state index contributed by atoms with van der Waals surface area (Å²) in [6, 6.07) is 11.2. The number of nitrogens with zero attached hydrogens (tertiary/aromatic N) is 1. The van der Waals surface area contributed by atoms with Crippen LogP contribution in [0.15, 0.2) is 41.3 Å². The first-order valence-electron chi connectivity index (χ1n) is 5.86. The van der Waals surface area contributed by atoms with Crippen molar-refractivity contribution in [1.29, 1.82) is 0 Å². The van der Waals surface area contributed by atoms with Crippen molar-refractivity contribution in [2.75, 3.05) is 11.1 Å². The molecule has 2 aromatic rings. The van der Waals surface area contributed by atoms with Gasteiger partial charge in [-0.2, -0.15) is 0 Å². The second kappa shape index (κ2) is 7.28. The van der Waals surface area contributed by atoms with Gasteiger partial charge >= 0.3 is 0 Å². The van der Waals surface area contributed by atoms with E-state index in [4.69, 9.17) is 11.6 Å². The highest BCUT2D eigenvalue weighted by Crippen LogP contribution is 2.20.